The quantitative estimate of drug-likeness (QED) is 0.822. The molecule has 0 aliphatic carbocycles. The van der Waals surface area contributed by atoms with Crippen LogP contribution in [0.3, 0.4) is 0 Å². The van der Waals surface area contributed by atoms with Crippen LogP contribution < -0.4 is 15.2 Å². The lowest BCUT2D eigenvalue weighted by Gasteiger charge is -2.16. The molecule has 0 fully saturated rings. The van der Waals surface area contributed by atoms with Crippen LogP contribution in [-0.4, -0.2) is 34.4 Å². The Kier molecular flexibility index (Phi) is 4.62. The Balaban J connectivity index is 2.59. The summed E-state index contributed by atoms with van der Waals surface area (Å²) in [5, 5.41) is 12.0. The van der Waals surface area contributed by atoms with Crippen molar-refractivity contribution in [2.75, 3.05) is 20.0 Å². The summed E-state index contributed by atoms with van der Waals surface area (Å²) in [4.78, 5) is 0. The monoisotopic (exact) mass is 291 g/mol. The van der Waals surface area contributed by atoms with Crippen molar-refractivity contribution in [3.63, 3.8) is 0 Å². The van der Waals surface area contributed by atoms with Gasteiger partial charge in [0.25, 0.3) is 0 Å². The zero-order valence-electron chi connectivity index (χ0n) is 12.8. The summed E-state index contributed by atoms with van der Waals surface area (Å²) in [5.74, 6) is 1.82. The van der Waals surface area contributed by atoms with Gasteiger partial charge < -0.3 is 15.2 Å². The second-order valence-corrected chi connectivity index (χ2v) is 4.71. The van der Waals surface area contributed by atoms with Crippen molar-refractivity contribution in [1.29, 1.82) is 0 Å². The molecule has 114 valence electrons. The molecule has 0 aliphatic rings. The van der Waals surface area contributed by atoms with E-state index in [-0.39, 0.29) is 6.04 Å². The summed E-state index contributed by atoms with van der Waals surface area (Å²) in [6.45, 7) is 4.21. The normalized spacial score (nSPS) is 10.9. The number of anilines is 1. The lowest BCUT2D eigenvalue weighted by Crippen LogP contribution is -2.11. The van der Waals surface area contributed by atoms with Gasteiger partial charge in [-0.25, -0.2) is 4.68 Å². The molecule has 1 aromatic heterocycles. The number of benzene rings is 1. The van der Waals surface area contributed by atoms with Crippen LogP contribution in [0.25, 0.3) is 11.4 Å². The molecule has 0 saturated carbocycles. The van der Waals surface area contributed by atoms with E-state index in [0.29, 0.717) is 28.6 Å². The van der Waals surface area contributed by atoms with Crippen LogP contribution in [0.5, 0.6) is 11.5 Å². The van der Waals surface area contributed by atoms with Crippen molar-refractivity contribution in [3.05, 3.63) is 12.1 Å². The molecule has 0 unspecified atom stereocenters. The van der Waals surface area contributed by atoms with Gasteiger partial charge in [0, 0.05) is 6.07 Å². The Morgan fingerprint density at radius 3 is 2.48 bits per heavy atom. The molecule has 0 bridgehead atoms. The topological polar surface area (TPSA) is 88.1 Å². The van der Waals surface area contributed by atoms with E-state index in [1.807, 2.05) is 10.7 Å². The molecule has 7 nitrogen and oxygen atoms in total. The number of tetrazole rings is 1. The third-order valence-electron chi connectivity index (χ3n) is 3.59. The number of nitrogens with two attached hydrogens (primary N) is 1. The highest BCUT2D eigenvalue weighted by atomic mass is 16.5. The molecule has 2 N–H and O–H groups in total. The van der Waals surface area contributed by atoms with Crippen molar-refractivity contribution in [3.8, 4) is 22.9 Å². The van der Waals surface area contributed by atoms with Crippen LogP contribution in [0.15, 0.2) is 12.1 Å². The maximum Gasteiger partial charge on any atom is 0.184 e. The molecule has 2 aromatic rings. The van der Waals surface area contributed by atoms with E-state index in [1.54, 1.807) is 20.3 Å². The first-order chi connectivity index (χ1) is 10.2. The fourth-order valence-electron chi connectivity index (χ4n) is 2.32. The lowest BCUT2D eigenvalue weighted by atomic mass is 10.1. The van der Waals surface area contributed by atoms with E-state index >= 15 is 0 Å². The summed E-state index contributed by atoms with van der Waals surface area (Å²) >= 11 is 0. The summed E-state index contributed by atoms with van der Waals surface area (Å²) in [5.41, 5.74) is 7.38. The number of nitrogens with zero attached hydrogens (tertiary/aromatic N) is 4. The van der Waals surface area contributed by atoms with Gasteiger partial charge in [-0.3, -0.25) is 0 Å². The summed E-state index contributed by atoms with van der Waals surface area (Å²) in [7, 11) is 3.16. The van der Waals surface area contributed by atoms with Crippen molar-refractivity contribution in [1.82, 2.24) is 20.2 Å². The Labute approximate surface area is 124 Å². The molecule has 1 heterocycles. The van der Waals surface area contributed by atoms with E-state index < -0.39 is 0 Å². The summed E-state index contributed by atoms with van der Waals surface area (Å²) < 4.78 is 12.4. The number of hydrogen-bond donors (Lipinski definition) is 1. The number of hydrogen-bond acceptors (Lipinski definition) is 6. The van der Waals surface area contributed by atoms with Gasteiger partial charge in [-0.05, 0) is 29.3 Å². The maximum atomic E-state index is 6.17. The largest absolute Gasteiger partial charge is 0.497 e. The Morgan fingerprint density at radius 2 is 1.90 bits per heavy atom. The summed E-state index contributed by atoms with van der Waals surface area (Å²) in [6, 6.07) is 3.79. The van der Waals surface area contributed by atoms with Crippen LogP contribution in [0, 0.1) is 0 Å². The van der Waals surface area contributed by atoms with Gasteiger partial charge in [0.2, 0.25) is 0 Å². The van der Waals surface area contributed by atoms with Crippen LogP contribution >= 0.6 is 0 Å². The molecule has 0 saturated heterocycles. The average molecular weight is 291 g/mol. The van der Waals surface area contributed by atoms with Gasteiger partial charge >= 0.3 is 0 Å². The molecule has 2 rings (SSSR count). The Hall–Kier alpha value is -2.31. The number of methoxy groups -OCH3 is 2. The minimum Gasteiger partial charge on any atom is -0.497 e. The SMILES string of the molecule is CCC(CC)n1nnnc1-c1cc(OC)cc(OC)c1N. The van der Waals surface area contributed by atoms with Crippen LogP contribution in [0.1, 0.15) is 32.7 Å². The van der Waals surface area contributed by atoms with Gasteiger partial charge in [0.15, 0.2) is 5.82 Å². The van der Waals surface area contributed by atoms with E-state index in [1.165, 1.54) is 0 Å². The zero-order valence-corrected chi connectivity index (χ0v) is 12.8. The average Bonchev–Trinajstić information content (AvgIpc) is 2.98. The van der Waals surface area contributed by atoms with E-state index in [9.17, 15) is 0 Å². The third-order valence-corrected chi connectivity index (χ3v) is 3.59. The fourth-order valence-corrected chi connectivity index (χ4v) is 2.32. The predicted octanol–water partition coefficient (Wildman–Crippen LogP) is 2.30. The first kappa shape index (κ1) is 15.1. The van der Waals surface area contributed by atoms with Crippen molar-refractivity contribution in [2.24, 2.45) is 0 Å². The number of ether oxygens (including phenoxy) is 2. The molecule has 0 spiro atoms. The van der Waals surface area contributed by atoms with Crippen molar-refractivity contribution >= 4 is 5.69 Å². The molecule has 0 radical (unpaired) electrons. The minimum atomic E-state index is 0.228. The molecular weight excluding hydrogens is 270 g/mol. The van der Waals surface area contributed by atoms with Crippen LogP contribution in [0.2, 0.25) is 0 Å². The molecule has 0 atom stereocenters. The Bertz CT molecular complexity index is 607. The molecule has 1 aromatic carbocycles. The highest BCUT2D eigenvalue weighted by Gasteiger charge is 2.20. The van der Waals surface area contributed by atoms with E-state index in [0.717, 1.165) is 12.8 Å². The second kappa shape index (κ2) is 6.43. The van der Waals surface area contributed by atoms with Gasteiger partial charge in [-0.15, -0.1) is 5.10 Å². The smallest absolute Gasteiger partial charge is 0.184 e. The standard InChI is InChI=1S/C14H21N5O2/c1-5-9(6-2)19-14(16-17-18-19)11-7-10(20-3)8-12(21-4)13(11)15/h7-9H,5-6,15H2,1-4H3. The highest BCUT2D eigenvalue weighted by molar-refractivity contribution is 5.78. The molecule has 21 heavy (non-hydrogen) atoms. The van der Waals surface area contributed by atoms with E-state index in [4.69, 9.17) is 15.2 Å². The van der Waals surface area contributed by atoms with Crippen LogP contribution in [-0.2, 0) is 0 Å². The maximum absolute atomic E-state index is 6.17. The zero-order chi connectivity index (χ0) is 15.4. The number of rotatable bonds is 6. The molecule has 0 amide bonds. The second-order valence-electron chi connectivity index (χ2n) is 4.71. The van der Waals surface area contributed by atoms with Crippen molar-refractivity contribution < 1.29 is 9.47 Å². The van der Waals surface area contributed by atoms with Gasteiger partial charge in [-0.2, -0.15) is 0 Å². The first-order valence-corrected chi connectivity index (χ1v) is 6.95. The van der Waals surface area contributed by atoms with Gasteiger partial charge in [0.05, 0.1) is 31.5 Å². The highest BCUT2D eigenvalue weighted by Crippen LogP contribution is 2.37. The first-order valence-electron chi connectivity index (χ1n) is 6.95. The van der Waals surface area contributed by atoms with E-state index in [2.05, 4.69) is 29.4 Å². The minimum absolute atomic E-state index is 0.228. The molecular formula is C14H21N5O2. The van der Waals surface area contributed by atoms with Crippen molar-refractivity contribution in [2.45, 2.75) is 32.7 Å². The third kappa shape index (κ3) is 2.76. The summed E-state index contributed by atoms with van der Waals surface area (Å²) in [6.07, 6.45) is 1.88. The molecule has 7 heteroatoms. The lowest BCUT2D eigenvalue weighted by molar-refractivity contribution is 0.395. The number of aromatic nitrogens is 4. The van der Waals surface area contributed by atoms with Gasteiger partial charge in [-0.1, -0.05) is 13.8 Å². The predicted molar refractivity (Wildman–Crippen MR) is 80.4 cm³/mol. The van der Waals surface area contributed by atoms with Gasteiger partial charge in [0.1, 0.15) is 11.5 Å². The fraction of sp³-hybridized carbons (Fsp3) is 0.500. The van der Waals surface area contributed by atoms with Crippen LogP contribution in [0.4, 0.5) is 5.69 Å². The Morgan fingerprint density at radius 1 is 1.19 bits per heavy atom. The molecule has 0 aliphatic heterocycles. The number of nitrogen functional groups attached to an aromatic ring is 1.